The van der Waals surface area contributed by atoms with Crippen LogP contribution in [0.2, 0.25) is 0 Å². The predicted octanol–water partition coefficient (Wildman–Crippen LogP) is 1.51. The van der Waals surface area contributed by atoms with Gasteiger partial charge < -0.3 is 11.5 Å². The largest absolute Gasteiger partial charge is 0.399 e. The first-order chi connectivity index (χ1) is 4.66. The first-order valence-corrected chi connectivity index (χ1v) is 3.21. The summed E-state index contributed by atoms with van der Waals surface area (Å²) in [7, 11) is 0. The van der Waals surface area contributed by atoms with Gasteiger partial charge in [0.05, 0.1) is 0 Å². The van der Waals surface area contributed by atoms with Crippen LogP contribution in [0.3, 0.4) is 0 Å². The van der Waals surface area contributed by atoms with Gasteiger partial charge in [0.15, 0.2) is 0 Å². The van der Waals surface area contributed by atoms with Crippen LogP contribution in [0.25, 0.3) is 0 Å². The molecule has 0 saturated carbocycles. The molecule has 0 fully saturated rings. The number of allylic oxidation sites excluding steroid dienone is 2. The molecule has 2 heteroatoms. The van der Waals surface area contributed by atoms with Crippen molar-refractivity contribution in [2.75, 3.05) is 0 Å². The van der Waals surface area contributed by atoms with Gasteiger partial charge in [-0.3, -0.25) is 0 Å². The third kappa shape index (κ3) is 9.94. The minimum atomic E-state index is 0.447. The maximum atomic E-state index is 5.28. The molecule has 0 amide bonds. The van der Waals surface area contributed by atoms with E-state index < -0.39 is 0 Å². The molecule has 0 aliphatic rings. The Morgan fingerprint density at radius 3 is 1.80 bits per heavy atom. The van der Waals surface area contributed by atoms with E-state index in [1.54, 1.807) is 6.08 Å². The van der Waals surface area contributed by atoms with Gasteiger partial charge in [0, 0.05) is 11.4 Å². The topological polar surface area (TPSA) is 52.0 Å². The highest BCUT2D eigenvalue weighted by molar-refractivity contribution is 5.22. The molecule has 0 aromatic rings. The van der Waals surface area contributed by atoms with Crippen molar-refractivity contribution in [3.05, 3.63) is 36.7 Å². The van der Waals surface area contributed by atoms with E-state index in [9.17, 15) is 0 Å². The van der Waals surface area contributed by atoms with Gasteiger partial charge in [0.2, 0.25) is 0 Å². The lowest BCUT2D eigenvalue weighted by Gasteiger charge is -1.88. The summed E-state index contributed by atoms with van der Waals surface area (Å²) in [5, 5.41) is 0. The molecule has 4 N–H and O–H groups in total. The lowest BCUT2D eigenvalue weighted by molar-refractivity contribution is 1.36. The minimum Gasteiger partial charge on any atom is -0.399 e. The summed E-state index contributed by atoms with van der Waals surface area (Å²) in [5.74, 6) is 0. The van der Waals surface area contributed by atoms with Crippen molar-refractivity contribution < 1.29 is 0 Å². The Morgan fingerprint density at radius 1 is 1.30 bits per heavy atom. The lowest BCUT2D eigenvalue weighted by Crippen LogP contribution is -1.97. The molecule has 0 aliphatic carbocycles. The summed E-state index contributed by atoms with van der Waals surface area (Å²) < 4.78 is 0. The Hall–Kier alpha value is -1.18. The van der Waals surface area contributed by atoms with Crippen LogP contribution in [0.4, 0.5) is 0 Å². The first-order valence-electron chi connectivity index (χ1n) is 3.21. The number of rotatable bonds is 2. The van der Waals surface area contributed by atoms with Crippen LogP contribution in [0.5, 0.6) is 0 Å². The fourth-order valence-electron chi connectivity index (χ4n) is 0.273. The number of hydrogen-bond donors (Lipinski definition) is 2. The maximum Gasteiger partial charge on any atom is 0.0328 e. The molecule has 2 nitrogen and oxygen atoms in total. The van der Waals surface area contributed by atoms with Gasteiger partial charge >= 0.3 is 0 Å². The number of hydrogen-bond acceptors (Lipinski definition) is 2. The molecule has 58 valence electrons. The summed E-state index contributed by atoms with van der Waals surface area (Å²) in [5.41, 5.74) is 11.4. The van der Waals surface area contributed by atoms with Crippen molar-refractivity contribution in [3.63, 3.8) is 0 Å². The van der Waals surface area contributed by atoms with E-state index in [-0.39, 0.29) is 0 Å². The predicted molar refractivity (Wildman–Crippen MR) is 47.1 cm³/mol. The highest BCUT2D eigenvalue weighted by atomic mass is 14.6. The molecule has 0 aromatic heterocycles. The van der Waals surface area contributed by atoms with Crippen molar-refractivity contribution in [1.82, 2.24) is 0 Å². The van der Waals surface area contributed by atoms with Crippen LogP contribution in [-0.2, 0) is 0 Å². The highest BCUT2D eigenvalue weighted by Gasteiger charge is 1.77. The fourth-order valence-corrected chi connectivity index (χ4v) is 0.273. The Balaban J connectivity index is 0. The average Bonchev–Trinajstić information content (AvgIpc) is 1.91. The highest BCUT2D eigenvalue weighted by Crippen LogP contribution is 1.86. The van der Waals surface area contributed by atoms with E-state index in [1.807, 2.05) is 13.8 Å². The molecule has 0 bridgehead atoms. The normalized spacial score (nSPS) is 9.20. The van der Waals surface area contributed by atoms with E-state index >= 15 is 0 Å². The van der Waals surface area contributed by atoms with Gasteiger partial charge in [-0.15, -0.1) is 0 Å². The Bertz CT molecular complexity index is 134. The zero-order chi connectivity index (χ0) is 8.57. The second kappa shape index (κ2) is 7.82. The van der Waals surface area contributed by atoms with Crippen molar-refractivity contribution in [2.24, 2.45) is 11.5 Å². The maximum absolute atomic E-state index is 5.28. The molecule has 0 unspecified atom stereocenters. The zero-order valence-electron chi connectivity index (χ0n) is 6.72. The van der Waals surface area contributed by atoms with Crippen LogP contribution in [0.1, 0.15) is 13.8 Å². The minimum absolute atomic E-state index is 0.447. The number of nitrogens with two attached hydrogens (primary N) is 2. The molecular formula is C8H16N2. The lowest BCUT2D eigenvalue weighted by atomic mass is 10.3. The van der Waals surface area contributed by atoms with Crippen molar-refractivity contribution in [3.8, 4) is 0 Å². The molecule has 0 aromatic carbocycles. The van der Waals surface area contributed by atoms with E-state index in [1.165, 1.54) is 6.08 Å². The molecule has 0 rings (SSSR count). The molecule has 0 saturated heterocycles. The summed E-state index contributed by atoms with van der Waals surface area (Å²) in [6.07, 6.45) is 3.06. The van der Waals surface area contributed by atoms with Crippen LogP contribution in [0, 0.1) is 0 Å². The Labute approximate surface area is 62.9 Å². The van der Waals surface area contributed by atoms with Crippen LogP contribution in [0.15, 0.2) is 36.7 Å². The van der Waals surface area contributed by atoms with Crippen LogP contribution in [-0.4, -0.2) is 0 Å². The van der Waals surface area contributed by atoms with Gasteiger partial charge in [-0.1, -0.05) is 27.0 Å². The quantitative estimate of drug-likeness (QED) is 0.571. The van der Waals surface area contributed by atoms with E-state index in [4.69, 9.17) is 11.5 Å². The summed E-state index contributed by atoms with van der Waals surface area (Å²) >= 11 is 0. The third-order valence-corrected chi connectivity index (χ3v) is 0.588. The molecule has 0 radical (unpaired) electrons. The molecule has 0 atom stereocenters. The second-order valence-electron chi connectivity index (χ2n) is 1.42. The molecule has 0 heterocycles. The van der Waals surface area contributed by atoms with Gasteiger partial charge in [-0.2, -0.15) is 0 Å². The Morgan fingerprint density at radius 2 is 1.70 bits per heavy atom. The van der Waals surface area contributed by atoms with Gasteiger partial charge in [-0.05, 0) is 12.2 Å². The van der Waals surface area contributed by atoms with Crippen LogP contribution < -0.4 is 11.5 Å². The molecule has 10 heavy (non-hydrogen) atoms. The third-order valence-electron chi connectivity index (χ3n) is 0.588. The second-order valence-corrected chi connectivity index (χ2v) is 1.42. The van der Waals surface area contributed by atoms with E-state index in [0.29, 0.717) is 11.4 Å². The molecule has 0 spiro atoms. The van der Waals surface area contributed by atoms with E-state index in [2.05, 4.69) is 13.2 Å². The standard InChI is InChI=1S/C6H10N2.C2H6/c1-3-6(8)4-5(2)7;1-2/h3-4H,1-2,7-8H2;1-2H3/b6-4+;. The fraction of sp³-hybridized carbons (Fsp3) is 0.250. The van der Waals surface area contributed by atoms with Crippen molar-refractivity contribution in [1.29, 1.82) is 0 Å². The van der Waals surface area contributed by atoms with Gasteiger partial charge in [0.25, 0.3) is 0 Å². The molecular weight excluding hydrogens is 124 g/mol. The molecule has 0 aliphatic heterocycles. The summed E-state index contributed by atoms with van der Waals surface area (Å²) in [6, 6.07) is 0. The van der Waals surface area contributed by atoms with E-state index in [0.717, 1.165) is 0 Å². The van der Waals surface area contributed by atoms with Gasteiger partial charge in [0.1, 0.15) is 0 Å². The summed E-state index contributed by atoms with van der Waals surface area (Å²) in [6.45, 7) is 10.8. The SMILES string of the molecule is C=C/C(N)=C\C(=C)N.CC. The Kier molecular flexibility index (Phi) is 9.07. The van der Waals surface area contributed by atoms with Crippen LogP contribution >= 0.6 is 0 Å². The summed E-state index contributed by atoms with van der Waals surface area (Å²) in [4.78, 5) is 0. The smallest absolute Gasteiger partial charge is 0.0328 e. The monoisotopic (exact) mass is 140 g/mol. The first kappa shape index (κ1) is 11.6. The van der Waals surface area contributed by atoms with Crippen molar-refractivity contribution in [2.45, 2.75) is 13.8 Å². The van der Waals surface area contributed by atoms with Gasteiger partial charge in [-0.25, -0.2) is 0 Å². The van der Waals surface area contributed by atoms with Crippen molar-refractivity contribution >= 4 is 0 Å². The zero-order valence-corrected chi connectivity index (χ0v) is 6.72. The average molecular weight is 140 g/mol.